The number of halogens is 1. The molecule has 0 unspecified atom stereocenters. The first-order chi connectivity index (χ1) is 8.24. The number of hydrogen-bond acceptors (Lipinski definition) is 2. The molecule has 0 N–H and O–H groups in total. The molecule has 0 amide bonds. The SMILES string of the molecule is O=C(Cc1ccccc1)Oc1cccc(F)c1. The zero-order valence-corrected chi connectivity index (χ0v) is 9.10. The van der Waals surface area contributed by atoms with Gasteiger partial charge >= 0.3 is 5.97 Å². The van der Waals surface area contributed by atoms with Crippen LogP contribution in [-0.4, -0.2) is 5.97 Å². The van der Waals surface area contributed by atoms with Crippen LogP contribution < -0.4 is 4.74 Å². The molecule has 0 saturated carbocycles. The van der Waals surface area contributed by atoms with E-state index in [0.717, 1.165) is 5.56 Å². The number of esters is 1. The average Bonchev–Trinajstić information content (AvgIpc) is 2.30. The topological polar surface area (TPSA) is 26.3 Å². The summed E-state index contributed by atoms with van der Waals surface area (Å²) >= 11 is 0. The molecule has 0 atom stereocenters. The van der Waals surface area contributed by atoms with Crippen molar-refractivity contribution in [3.63, 3.8) is 0 Å². The van der Waals surface area contributed by atoms with Crippen molar-refractivity contribution in [2.24, 2.45) is 0 Å². The highest BCUT2D eigenvalue weighted by molar-refractivity contribution is 5.75. The fourth-order valence-corrected chi connectivity index (χ4v) is 1.46. The Hall–Kier alpha value is -2.16. The number of benzene rings is 2. The van der Waals surface area contributed by atoms with Gasteiger partial charge in [0.2, 0.25) is 0 Å². The van der Waals surface area contributed by atoms with Gasteiger partial charge in [0.25, 0.3) is 0 Å². The quantitative estimate of drug-likeness (QED) is 0.598. The largest absolute Gasteiger partial charge is 0.426 e. The summed E-state index contributed by atoms with van der Waals surface area (Å²) in [6.07, 6.45) is 0.178. The van der Waals surface area contributed by atoms with Crippen LogP contribution in [0.5, 0.6) is 5.75 Å². The van der Waals surface area contributed by atoms with E-state index in [1.807, 2.05) is 30.3 Å². The van der Waals surface area contributed by atoms with E-state index in [9.17, 15) is 9.18 Å². The van der Waals surface area contributed by atoms with Crippen LogP contribution in [0, 0.1) is 5.82 Å². The maximum absolute atomic E-state index is 12.9. The summed E-state index contributed by atoms with van der Waals surface area (Å²) in [5, 5.41) is 0. The molecule has 0 aliphatic heterocycles. The second-order valence-electron chi connectivity index (χ2n) is 3.59. The van der Waals surface area contributed by atoms with Crippen molar-refractivity contribution in [1.82, 2.24) is 0 Å². The Labute approximate surface area is 98.7 Å². The molecule has 0 aromatic heterocycles. The number of ether oxygens (including phenoxy) is 1. The molecule has 86 valence electrons. The molecule has 0 saturated heterocycles. The van der Waals surface area contributed by atoms with Gasteiger partial charge in [-0.15, -0.1) is 0 Å². The maximum Gasteiger partial charge on any atom is 0.315 e. The second-order valence-corrected chi connectivity index (χ2v) is 3.59. The van der Waals surface area contributed by atoms with E-state index in [1.165, 1.54) is 18.2 Å². The molecular formula is C14H11FO2. The summed E-state index contributed by atoms with van der Waals surface area (Å²) in [5.74, 6) is -0.595. The van der Waals surface area contributed by atoms with Crippen LogP contribution >= 0.6 is 0 Å². The van der Waals surface area contributed by atoms with Crippen LogP contribution in [0.2, 0.25) is 0 Å². The Morgan fingerprint density at radius 1 is 1.06 bits per heavy atom. The minimum atomic E-state index is -0.421. The van der Waals surface area contributed by atoms with Gasteiger partial charge in [-0.05, 0) is 17.7 Å². The van der Waals surface area contributed by atoms with Crippen LogP contribution in [-0.2, 0) is 11.2 Å². The summed E-state index contributed by atoms with van der Waals surface area (Å²) < 4.78 is 17.9. The van der Waals surface area contributed by atoms with Gasteiger partial charge in [-0.2, -0.15) is 0 Å². The van der Waals surface area contributed by atoms with Crippen LogP contribution in [0.4, 0.5) is 4.39 Å². The standard InChI is InChI=1S/C14H11FO2/c15-12-7-4-8-13(10-12)17-14(16)9-11-5-2-1-3-6-11/h1-8,10H,9H2. The number of carbonyl (C=O) groups excluding carboxylic acids is 1. The van der Waals surface area contributed by atoms with Gasteiger partial charge < -0.3 is 4.74 Å². The normalized spacial score (nSPS) is 9.94. The third kappa shape index (κ3) is 3.41. The monoisotopic (exact) mass is 230 g/mol. The lowest BCUT2D eigenvalue weighted by Crippen LogP contribution is -2.11. The Balaban J connectivity index is 1.98. The number of hydrogen-bond donors (Lipinski definition) is 0. The number of rotatable bonds is 3. The zero-order chi connectivity index (χ0) is 12.1. The van der Waals surface area contributed by atoms with E-state index in [4.69, 9.17) is 4.74 Å². The molecule has 2 rings (SSSR count). The molecule has 0 bridgehead atoms. The second kappa shape index (κ2) is 5.25. The lowest BCUT2D eigenvalue weighted by molar-refractivity contribution is -0.133. The van der Waals surface area contributed by atoms with Crippen LogP contribution in [0.1, 0.15) is 5.56 Å². The predicted octanol–water partition coefficient (Wildman–Crippen LogP) is 2.97. The van der Waals surface area contributed by atoms with Crippen LogP contribution in [0.15, 0.2) is 54.6 Å². The van der Waals surface area contributed by atoms with Gasteiger partial charge in [-0.25, -0.2) is 4.39 Å². The first kappa shape index (κ1) is 11.3. The van der Waals surface area contributed by atoms with Gasteiger partial charge in [-0.3, -0.25) is 4.79 Å². The summed E-state index contributed by atoms with van der Waals surface area (Å²) in [6, 6.07) is 14.8. The van der Waals surface area contributed by atoms with E-state index < -0.39 is 11.8 Å². The molecule has 17 heavy (non-hydrogen) atoms. The van der Waals surface area contributed by atoms with E-state index in [1.54, 1.807) is 6.07 Å². The molecule has 2 aromatic rings. The number of carbonyl (C=O) groups is 1. The van der Waals surface area contributed by atoms with Crippen molar-refractivity contribution in [2.75, 3.05) is 0 Å². The maximum atomic E-state index is 12.9. The summed E-state index contributed by atoms with van der Waals surface area (Å²) in [7, 11) is 0. The lowest BCUT2D eigenvalue weighted by Gasteiger charge is -2.04. The molecule has 0 radical (unpaired) electrons. The molecule has 2 nitrogen and oxygen atoms in total. The fraction of sp³-hybridized carbons (Fsp3) is 0.0714. The first-order valence-electron chi connectivity index (χ1n) is 5.24. The Kier molecular flexibility index (Phi) is 3.50. The van der Waals surface area contributed by atoms with E-state index in [-0.39, 0.29) is 12.2 Å². The van der Waals surface area contributed by atoms with Gasteiger partial charge in [0.05, 0.1) is 6.42 Å². The highest BCUT2D eigenvalue weighted by atomic mass is 19.1. The van der Waals surface area contributed by atoms with E-state index in [0.29, 0.717) is 0 Å². The van der Waals surface area contributed by atoms with Gasteiger partial charge in [0.15, 0.2) is 0 Å². The van der Waals surface area contributed by atoms with E-state index in [2.05, 4.69) is 0 Å². The highest BCUT2D eigenvalue weighted by Gasteiger charge is 2.06. The predicted molar refractivity (Wildman–Crippen MR) is 62.2 cm³/mol. The average molecular weight is 230 g/mol. The van der Waals surface area contributed by atoms with Gasteiger partial charge in [0, 0.05) is 6.07 Å². The molecule has 3 heteroatoms. The van der Waals surface area contributed by atoms with Crippen molar-refractivity contribution >= 4 is 5.97 Å². The van der Waals surface area contributed by atoms with Crippen LogP contribution in [0.25, 0.3) is 0 Å². The fourth-order valence-electron chi connectivity index (χ4n) is 1.46. The minimum absolute atomic E-state index is 0.178. The summed E-state index contributed by atoms with van der Waals surface area (Å²) in [5.41, 5.74) is 0.869. The van der Waals surface area contributed by atoms with Crippen molar-refractivity contribution in [1.29, 1.82) is 0 Å². The molecule has 0 aliphatic rings. The van der Waals surface area contributed by atoms with E-state index >= 15 is 0 Å². The zero-order valence-electron chi connectivity index (χ0n) is 9.10. The lowest BCUT2D eigenvalue weighted by atomic mass is 10.2. The van der Waals surface area contributed by atoms with Gasteiger partial charge in [-0.1, -0.05) is 36.4 Å². The van der Waals surface area contributed by atoms with Crippen LogP contribution in [0.3, 0.4) is 0 Å². The Morgan fingerprint density at radius 3 is 2.53 bits per heavy atom. The smallest absolute Gasteiger partial charge is 0.315 e. The van der Waals surface area contributed by atoms with Crippen molar-refractivity contribution in [3.8, 4) is 5.75 Å². The molecular weight excluding hydrogens is 219 g/mol. The summed E-state index contributed by atoms with van der Waals surface area (Å²) in [4.78, 5) is 11.5. The van der Waals surface area contributed by atoms with Crippen molar-refractivity contribution in [2.45, 2.75) is 6.42 Å². The van der Waals surface area contributed by atoms with Crippen molar-refractivity contribution in [3.05, 3.63) is 66.0 Å². The van der Waals surface area contributed by atoms with Crippen molar-refractivity contribution < 1.29 is 13.9 Å². The molecule has 2 aromatic carbocycles. The molecule has 0 heterocycles. The molecule has 0 spiro atoms. The third-order valence-electron chi connectivity index (χ3n) is 2.22. The Morgan fingerprint density at radius 2 is 1.82 bits per heavy atom. The first-order valence-corrected chi connectivity index (χ1v) is 5.24. The minimum Gasteiger partial charge on any atom is -0.426 e. The Bertz CT molecular complexity index is 509. The molecule has 0 fully saturated rings. The van der Waals surface area contributed by atoms with Gasteiger partial charge in [0.1, 0.15) is 11.6 Å². The summed E-state index contributed by atoms with van der Waals surface area (Å²) in [6.45, 7) is 0. The third-order valence-corrected chi connectivity index (χ3v) is 2.22. The highest BCUT2D eigenvalue weighted by Crippen LogP contribution is 2.13. The molecule has 0 aliphatic carbocycles.